The van der Waals surface area contributed by atoms with Gasteiger partial charge in [0, 0.05) is 11.8 Å². The van der Waals surface area contributed by atoms with Crippen LogP contribution in [-0.4, -0.2) is 23.6 Å². The molecular weight excluding hydrogens is 360 g/mol. The van der Waals surface area contributed by atoms with Crippen molar-refractivity contribution in [3.63, 3.8) is 0 Å². The summed E-state index contributed by atoms with van der Waals surface area (Å²) in [5.74, 6) is 0.581. The number of nitrogens with one attached hydrogen (secondary N) is 4. The second-order valence-electron chi connectivity index (χ2n) is 6.56. The first-order valence-corrected chi connectivity index (χ1v) is 10.1. The minimum atomic E-state index is -0.393. The van der Waals surface area contributed by atoms with Crippen molar-refractivity contribution >= 4 is 23.6 Å². The molecule has 0 saturated carbocycles. The highest BCUT2D eigenvalue weighted by Gasteiger charge is 2.30. The average Bonchev–Trinajstić information content (AvgIpc) is 3.17. The van der Waals surface area contributed by atoms with Crippen molar-refractivity contribution in [1.82, 2.24) is 21.7 Å². The molecule has 1 heterocycles. The summed E-state index contributed by atoms with van der Waals surface area (Å²) in [6, 6.07) is 17.8. The van der Waals surface area contributed by atoms with Gasteiger partial charge in [-0.25, -0.2) is 10.9 Å². The molecule has 6 nitrogen and oxygen atoms in total. The second kappa shape index (κ2) is 9.55. The van der Waals surface area contributed by atoms with E-state index in [1.807, 2.05) is 55.5 Å². The quantitative estimate of drug-likeness (QED) is 0.573. The Morgan fingerprint density at radius 3 is 2.67 bits per heavy atom. The van der Waals surface area contributed by atoms with Crippen molar-refractivity contribution in [3.8, 4) is 0 Å². The SMILES string of the molecule is Cc1cccc(CSCC(=O)NNC(=O)C2CC(c3ccccc3)NN2)c1. The Morgan fingerprint density at radius 1 is 1.07 bits per heavy atom. The third-order valence-corrected chi connectivity index (χ3v) is 5.33. The van der Waals surface area contributed by atoms with E-state index in [-0.39, 0.29) is 23.6 Å². The summed E-state index contributed by atoms with van der Waals surface area (Å²) < 4.78 is 0. The molecule has 1 saturated heterocycles. The molecule has 2 atom stereocenters. The highest BCUT2D eigenvalue weighted by molar-refractivity contribution is 7.99. The number of benzene rings is 2. The Kier molecular flexibility index (Phi) is 6.86. The summed E-state index contributed by atoms with van der Waals surface area (Å²) in [5, 5.41) is 0. The van der Waals surface area contributed by atoms with Crippen LogP contribution in [-0.2, 0) is 15.3 Å². The third-order valence-electron chi connectivity index (χ3n) is 4.33. The summed E-state index contributed by atoms with van der Waals surface area (Å²) in [5.41, 5.74) is 14.6. The van der Waals surface area contributed by atoms with Gasteiger partial charge in [-0.15, -0.1) is 11.8 Å². The van der Waals surface area contributed by atoms with Crippen molar-refractivity contribution in [3.05, 3.63) is 71.3 Å². The maximum Gasteiger partial charge on any atom is 0.256 e. The Bertz CT molecular complexity index is 785. The van der Waals surface area contributed by atoms with Gasteiger partial charge >= 0.3 is 0 Å². The molecule has 2 aromatic rings. The lowest BCUT2D eigenvalue weighted by molar-refractivity contribution is -0.128. The number of carbonyl (C=O) groups is 2. The van der Waals surface area contributed by atoms with E-state index in [1.54, 1.807) is 0 Å². The highest BCUT2D eigenvalue weighted by Crippen LogP contribution is 2.21. The van der Waals surface area contributed by atoms with Gasteiger partial charge in [-0.2, -0.15) is 0 Å². The summed E-state index contributed by atoms with van der Waals surface area (Å²) in [6.45, 7) is 2.05. The van der Waals surface area contributed by atoms with Gasteiger partial charge in [0.2, 0.25) is 5.91 Å². The number of carbonyl (C=O) groups excluding carboxylic acids is 2. The van der Waals surface area contributed by atoms with Crippen LogP contribution in [0.2, 0.25) is 0 Å². The Hall–Kier alpha value is -2.35. The molecule has 2 unspecified atom stereocenters. The van der Waals surface area contributed by atoms with E-state index in [2.05, 4.69) is 27.8 Å². The number of rotatable bonds is 6. The van der Waals surface area contributed by atoms with Crippen molar-refractivity contribution in [2.45, 2.75) is 31.2 Å². The Labute approximate surface area is 163 Å². The number of amides is 2. The predicted molar refractivity (Wildman–Crippen MR) is 107 cm³/mol. The van der Waals surface area contributed by atoms with E-state index in [0.29, 0.717) is 6.42 Å². The molecule has 142 valence electrons. The highest BCUT2D eigenvalue weighted by atomic mass is 32.2. The molecule has 2 amide bonds. The molecule has 0 bridgehead atoms. The first-order valence-electron chi connectivity index (χ1n) is 8.90. The molecule has 1 aliphatic rings. The minimum Gasteiger partial charge on any atom is -0.272 e. The van der Waals surface area contributed by atoms with Crippen LogP contribution in [0.25, 0.3) is 0 Å². The van der Waals surface area contributed by atoms with Crippen LogP contribution in [0.3, 0.4) is 0 Å². The van der Waals surface area contributed by atoms with E-state index in [1.165, 1.54) is 22.9 Å². The van der Waals surface area contributed by atoms with Crippen molar-refractivity contribution in [2.24, 2.45) is 0 Å². The first-order chi connectivity index (χ1) is 13.1. The lowest BCUT2D eigenvalue weighted by atomic mass is 10.0. The first kappa shape index (κ1) is 19.4. The van der Waals surface area contributed by atoms with E-state index >= 15 is 0 Å². The monoisotopic (exact) mass is 384 g/mol. The van der Waals surface area contributed by atoms with Crippen molar-refractivity contribution in [1.29, 1.82) is 0 Å². The van der Waals surface area contributed by atoms with Gasteiger partial charge in [0.25, 0.3) is 5.91 Å². The van der Waals surface area contributed by atoms with E-state index in [4.69, 9.17) is 0 Å². The molecule has 0 aromatic heterocycles. The summed E-state index contributed by atoms with van der Waals surface area (Å²) >= 11 is 1.51. The number of hydrogen-bond donors (Lipinski definition) is 4. The molecule has 0 spiro atoms. The van der Waals surface area contributed by atoms with Crippen LogP contribution in [0, 0.1) is 6.92 Å². The third kappa shape index (κ3) is 5.82. The smallest absolute Gasteiger partial charge is 0.256 e. The standard InChI is InChI=1S/C20H24N4O2S/c1-14-6-5-7-15(10-14)12-27-13-19(25)23-24-20(26)18-11-17(21-22-18)16-8-3-2-4-9-16/h2-10,17-18,21-22H,11-13H2,1H3,(H,23,25)(H,24,26). The summed E-state index contributed by atoms with van der Waals surface area (Å²) in [7, 11) is 0. The van der Waals surface area contributed by atoms with Gasteiger partial charge in [-0.3, -0.25) is 20.4 Å². The average molecular weight is 385 g/mol. The second-order valence-corrected chi connectivity index (χ2v) is 7.55. The molecule has 3 rings (SSSR count). The van der Waals surface area contributed by atoms with E-state index < -0.39 is 6.04 Å². The zero-order chi connectivity index (χ0) is 19.1. The van der Waals surface area contributed by atoms with Crippen molar-refractivity contribution < 1.29 is 9.59 Å². The van der Waals surface area contributed by atoms with Crippen LogP contribution in [0.5, 0.6) is 0 Å². The zero-order valence-corrected chi connectivity index (χ0v) is 16.0. The topological polar surface area (TPSA) is 82.3 Å². The largest absolute Gasteiger partial charge is 0.272 e. The fourth-order valence-corrected chi connectivity index (χ4v) is 3.72. The normalized spacial score (nSPS) is 18.9. The van der Waals surface area contributed by atoms with Gasteiger partial charge in [-0.1, -0.05) is 60.2 Å². The lowest BCUT2D eigenvalue weighted by Crippen LogP contribution is -2.50. The maximum absolute atomic E-state index is 12.2. The van der Waals surface area contributed by atoms with Crippen molar-refractivity contribution in [2.75, 3.05) is 5.75 Å². The number of aryl methyl sites for hydroxylation is 1. The lowest BCUT2D eigenvalue weighted by Gasteiger charge is -2.11. The molecular formula is C20H24N4O2S. The van der Waals surface area contributed by atoms with Crippen LogP contribution >= 0.6 is 11.8 Å². The van der Waals surface area contributed by atoms with Gasteiger partial charge in [0.05, 0.1) is 5.75 Å². The van der Waals surface area contributed by atoms with Gasteiger partial charge in [-0.05, 0) is 24.5 Å². The molecule has 0 aliphatic carbocycles. The predicted octanol–water partition coefficient (Wildman–Crippen LogP) is 1.98. The number of thioether (sulfide) groups is 1. The van der Waals surface area contributed by atoms with Crippen LogP contribution < -0.4 is 21.7 Å². The summed E-state index contributed by atoms with van der Waals surface area (Å²) in [4.78, 5) is 24.1. The number of hydrazine groups is 2. The minimum absolute atomic E-state index is 0.0718. The van der Waals surface area contributed by atoms with Gasteiger partial charge in [0.15, 0.2) is 0 Å². The Morgan fingerprint density at radius 2 is 1.89 bits per heavy atom. The fourth-order valence-electron chi connectivity index (χ4n) is 2.95. The summed E-state index contributed by atoms with van der Waals surface area (Å²) in [6.07, 6.45) is 0.619. The van der Waals surface area contributed by atoms with E-state index in [9.17, 15) is 9.59 Å². The van der Waals surface area contributed by atoms with Crippen LogP contribution in [0.4, 0.5) is 0 Å². The number of hydrogen-bond acceptors (Lipinski definition) is 5. The Balaban J connectivity index is 1.36. The van der Waals surface area contributed by atoms with Crippen LogP contribution in [0.15, 0.2) is 54.6 Å². The molecule has 1 fully saturated rings. The maximum atomic E-state index is 12.2. The molecule has 7 heteroatoms. The molecule has 1 aliphatic heterocycles. The van der Waals surface area contributed by atoms with E-state index in [0.717, 1.165) is 11.3 Å². The fraction of sp³-hybridized carbons (Fsp3) is 0.300. The van der Waals surface area contributed by atoms with Gasteiger partial charge < -0.3 is 0 Å². The molecule has 27 heavy (non-hydrogen) atoms. The molecule has 4 N–H and O–H groups in total. The van der Waals surface area contributed by atoms with Crippen LogP contribution in [0.1, 0.15) is 29.2 Å². The zero-order valence-electron chi connectivity index (χ0n) is 15.2. The molecule has 2 aromatic carbocycles. The van der Waals surface area contributed by atoms with Gasteiger partial charge in [0.1, 0.15) is 6.04 Å². The molecule has 0 radical (unpaired) electrons.